The lowest BCUT2D eigenvalue weighted by Gasteiger charge is -2.13. The zero-order valence-corrected chi connectivity index (χ0v) is 17.8. The highest BCUT2D eigenvalue weighted by molar-refractivity contribution is 6.30. The number of unbranched alkanes of at least 4 members (excludes halogenated alkanes) is 1. The van der Waals surface area contributed by atoms with Gasteiger partial charge in [0.15, 0.2) is 6.61 Å². The molecule has 30 heavy (non-hydrogen) atoms. The van der Waals surface area contributed by atoms with Crippen molar-refractivity contribution in [3.63, 3.8) is 0 Å². The number of carbonyl (C=O) groups excluding carboxylic acids is 1. The number of aromatic nitrogens is 4. The highest BCUT2D eigenvalue weighted by atomic mass is 35.5. The third kappa shape index (κ3) is 6.18. The Morgan fingerprint density at radius 2 is 2.00 bits per heavy atom. The van der Waals surface area contributed by atoms with Crippen molar-refractivity contribution in [2.24, 2.45) is 0 Å². The number of nitrogens with one attached hydrogen (secondary N) is 2. The first-order chi connectivity index (χ1) is 14.5. The van der Waals surface area contributed by atoms with E-state index in [4.69, 9.17) is 16.3 Å². The standard InChI is InChI=1S/C21H25ClN6O2/c1-3-4-11-28-21(25-26-27-28)23-13-16-12-17(22)7-10-19(16)30-14-20(29)24-18-8-5-15(2)6-9-18/h5-10,12H,3-4,11,13-14H2,1-2H3,(H,24,29)(H,23,25,27). The van der Waals surface area contributed by atoms with E-state index in [2.05, 4.69) is 33.1 Å². The van der Waals surface area contributed by atoms with E-state index in [9.17, 15) is 4.79 Å². The van der Waals surface area contributed by atoms with Gasteiger partial charge in [-0.3, -0.25) is 4.79 Å². The van der Waals surface area contributed by atoms with Crippen LogP contribution in [0.15, 0.2) is 42.5 Å². The average molecular weight is 429 g/mol. The predicted octanol–water partition coefficient (Wildman–Crippen LogP) is 4.06. The van der Waals surface area contributed by atoms with Crippen LogP contribution in [0, 0.1) is 6.92 Å². The Morgan fingerprint density at radius 1 is 1.20 bits per heavy atom. The molecule has 0 atom stereocenters. The number of nitrogens with zero attached hydrogens (tertiary/aromatic N) is 4. The van der Waals surface area contributed by atoms with Crippen molar-refractivity contribution in [1.82, 2.24) is 20.2 Å². The van der Waals surface area contributed by atoms with Gasteiger partial charge < -0.3 is 15.4 Å². The number of amides is 1. The Morgan fingerprint density at radius 3 is 2.77 bits per heavy atom. The molecule has 0 spiro atoms. The minimum atomic E-state index is -0.240. The van der Waals surface area contributed by atoms with Gasteiger partial charge in [0, 0.05) is 29.4 Å². The van der Waals surface area contributed by atoms with E-state index >= 15 is 0 Å². The summed E-state index contributed by atoms with van der Waals surface area (Å²) in [6, 6.07) is 12.9. The van der Waals surface area contributed by atoms with E-state index in [0.717, 1.165) is 36.2 Å². The van der Waals surface area contributed by atoms with E-state index in [-0.39, 0.29) is 12.5 Å². The van der Waals surface area contributed by atoms with Crippen molar-refractivity contribution >= 4 is 29.1 Å². The van der Waals surface area contributed by atoms with Crippen molar-refractivity contribution in [2.75, 3.05) is 17.2 Å². The molecule has 0 saturated heterocycles. The van der Waals surface area contributed by atoms with Crippen molar-refractivity contribution < 1.29 is 9.53 Å². The summed E-state index contributed by atoms with van der Waals surface area (Å²) >= 11 is 6.15. The molecule has 8 nitrogen and oxygen atoms in total. The van der Waals surface area contributed by atoms with Crippen molar-refractivity contribution in [1.29, 1.82) is 0 Å². The van der Waals surface area contributed by atoms with E-state index in [1.54, 1.807) is 22.9 Å². The van der Waals surface area contributed by atoms with E-state index in [0.29, 0.717) is 23.3 Å². The summed E-state index contributed by atoms with van der Waals surface area (Å²) in [5.41, 5.74) is 2.66. The van der Waals surface area contributed by atoms with Gasteiger partial charge in [0.1, 0.15) is 5.75 Å². The molecule has 0 saturated carbocycles. The second-order valence-corrected chi connectivity index (χ2v) is 7.32. The normalized spacial score (nSPS) is 10.6. The minimum Gasteiger partial charge on any atom is -0.483 e. The first-order valence-corrected chi connectivity index (χ1v) is 10.2. The van der Waals surface area contributed by atoms with Crippen LogP contribution in [0.4, 0.5) is 11.6 Å². The van der Waals surface area contributed by atoms with Crippen LogP contribution in [0.1, 0.15) is 30.9 Å². The van der Waals surface area contributed by atoms with Gasteiger partial charge in [-0.15, -0.1) is 0 Å². The van der Waals surface area contributed by atoms with Crippen LogP contribution in [0.3, 0.4) is 0 Å². The molecule has 0 aliphatic carbocycles. The number of halogens is 1. The second kappa shape index (κ2) is 10.6. The maximum Gasteiger partial charge on any atom is 0.262 e. The first-order valence-electron chi connectivity index (χ1n) is 9.83. The van der Waals surface area contributed by atoms with Crippen LogP contribution in [0.25, 0.3) is 0 Å². The van der Waals surface area contributed by atoms with E-state index in [1.165, 1.54) is 0 Å². The van der Waals surface area contributed by atoms with Crippen LogP contribution in [0.2, 0.25) is 5.02 Å². The molecule has 1 heterocycles. The molecule has 1 amide bonds. The molecule has 3 rings (SSSR count). The van der Waals surface area contributed by atoms with Crippen molar-refractivity contribution in [2.45, 2.75) is 39.8 Å². The van der Waals surface area contributed by atoms with Crippen LogP contribution < -0.4 is 15.4 Å². The van der Waals surface area contributed by atoms with Crippen molar-refractivity contribution in [3.05, 3.63) is 58.6 Å². The zero-order valence-electron chi connectivity index (χ0n) is 17.1. The Kier molecular flexibility index (Phi) is 7.62. The summed E-state index contributed by atoms with van der Waals surface area (Å²) in [6.45, 7) is 5.14. The van der Waals surface area contributed by atoms with Gasteiger partial charge in [-0.2, -0.15) is 0 Å². The number of tetrazole rings is 1. The molecule has 0 bridgehead atoms. The Labute approximate surface area is 180 Å². The summed E-state index contributed by atoms with van der Waals surface area (Å²) < 4.78 is 7.47. The van der Waals surface area contributed by atoms with Crippen LogP contribution in [-0.4, -0.2) is 32.7 Å². The third-order valence-electron chi connectivity index (χ3n) is 4.41. The molecule has 9 heteroatoms. The molecule has 1 aromatic heterocycles. The quantitative estimate of drug-likeness (QED) is 0.505. The Hall–Kier alpha value is -3.13. The summed E-state index contributed by atoms with van der Waals surface area (Å²) in [6.07, 6.45) is 2.04. The lowest BCUT2D eigenvalue weighted by atomic mass is 10.2. The van der Waals surface area contributed by atoms with E-state index < -0.39 is 0 Å². The number of hydrogen-bond acceptors (Lipinski definition) is 6. The summed E-state index contributed by atoms with van der Waals surface area (Å²) in [7, 11) is 0. The summed E-state index contributed by atoms with van der Waals surface area (Å²) in [5.74, 6) is 0.904. The number of anilines is 2. The SMILES string of the molecule is CCCCn1nnnc1NCc1cc(Cl)ccc1OCC(=O)Nc1ccc(C)cc1. The first kappa shape index (κ1) is 21.6. The average Bonchev–Trinajstić information content (AvgIpc) is 3.19. The Balaban J connectivity index is 1.60. The predicted molar refractivity (Wildman–Crippen MR) is 117 cm³/mol. The highest BCUT2D eigenvalue weighted by Crippen LogP contribution is 2.24. The molecule has 0 aliphatic rings. The molecule has 0 unspecified atom stereocenters. The molecule has 0 aliphatic heterocycles. The molecule has 158 valence electrons. The summed E-state index contributed by atoms with van der Waals surface area (Å²) in [4.78, 5) is 12.2. The van der Waals surface area contributed by atoms with Crippen LogP contribution >= 0.6 is 11.6 Å². The molecule has 2 N–H and O–H groups in total. The van der Waals surface area contributed by atoms with Crippen LogP contribution in [0.5, 0.6) is 5.75 Å². The second-order valence-electron chi connectivity index (χ2n) is 6.89. The molecule has 0 radical (unpaired) electrons. The molecular weight excluding hydrogens is 404 g/mol. The van der Waals surface area contributed by atoms with Gasteiger partial charge in [0.2, 0.25) is 5.95 Å². The molecule has 2 aromatic carbocycles. The van der Waals surface area contributed by atoms with E-state index in [1.807, 2.05) is 31.2 Å². The largest absolute Gasteiger partial charge is 0.483 e. The summed E-state index contributed by atoms with van der Waals surface area (Å²) in [5, 5.41) is 18.3. The number of aryl methyl sites for hydroxylation is 2. The number of carbonyl (C=O) groups is 1. The fraction of sp³-hybridized carbons (Fsp3) is 0.333. The fourth-order valence-corrected chi connectivity index (χ4v) is 2.96. The number of ether oxygens (including phenoxy) is 1. The monoisotopic (exact) mass is 428 g/mol. The maximum absolute atomic E-state index is 12.2. The number of hydrogen-bond donors (Lipinski definition) is 2. The van der Waals surface area contributed by atoms with Crippen LogP contribution in [-0.2, 0) is 17.9 Å². The highest BCUT2D eigenvalue weighted by Gasteiger charge is 2.11. The number of rotatable bonds is 10. The van der Waals surface area contributed by atoms with Gasteiger partial charge in [0.25, 0.3) is 5.91 Å². The molecule has 3 aromatic rings. The molecule has 0 fully saturated rings. The van der Waals surface area contributed by atoms with Gasteiger partial charge in [-0.25, -0.2) is 4.68 Å². The minimum absolute atomic E-state index is 0.114. The van der Waals surface area contributed by atoms with Gasteiger partial charge in [-0.1, -0.05) is 47.7 Å². The smallest absolute Gasteiger partial charge is 0.262 e. The Bertz CT molecular complexity index is 974. The van der Waals surface area contributed by atoms with Gasteiger partial charge in [-0.05, 0) is 54.1 Å². The van der Waals surface area contributed by atoms with Crippen molar-refractivity contribution in [3.8, 4) is 5.75 Å². The fourth-order valence-electron chi connectivity index (χ4n) is 2.77. The van der Waals surface area contributed by atoms with Gasteiger partial charge in [0.05, 0.1) is 0 Å². The zero-order chi connectivity index (χ0) is 21.3. The van der Waals surface area contributed by atoms with Gasteiger partial charge >= 0.3 is 0 Å². The molecular formula is C21H25ClN6O2. The lowest BCUT2D eigenvalue weighted by molar-refractivity contribution is -0.118. The number of benzene rings is 2. The maximum atomic E-state index is 12.2. The topological polar surface area (TPSA) is 94.0 Å². The lowest BCUT2D eigenvalue weighted by Crippen LogP contribution is -2.20. The third-order valence-corrected chi connectivity index (χ3v) is 4.64.